The lowest BCUT2D eigenvalue weighted by atomic mass is 10.2. The van der Waals surface area contributed by atoms with Crippen molar-refractivity contribution >= 4 is 27.2 Å². The molecule has 2 N–H and O–H groups in total. The summed E-state index contributed by atoms with van der Waals surface area (Å²) >= 11 is 0. The molecule has 0 saturated carbocycles. The summed E-state index contributed by atoms with van der Waals surface area (Å²) in [5.41, 5.74) is 2.57. The highest BCUT2D eigenvalue weighted by molar-refractivity contribution is 7.92. The summed E-state index contributed by atoms with van der Waals surface area (Å²) in [6.45, 7) is 1.90. The third-order valence-corrected chi connectivity index (χ3v) is 5.06. The molecule has 0 saturated heterocycles. The molecule has 1 aromatic heterocycles. The Kier molecular flexibility index (Phi) is 5.09. The van der Waals surface area contributed by atoms with Crippen LogP contribution in [0.1, 0.15) is 5.56 Å². The van der Waals surface area contributed by atoms with Gasteiger partial charge in [-0.1, -0.05) is 23.8 Å². The molecule has 0 aliphatic carbocycles. The van der Waals surface area contributed by atoms with Gasteiger partial charge in [-0.2, -0.15) is 0 Å². The molecule has 0 atom stereocenters. The number of rotatable bonds is 6. The van der Waals surface area contributed by atoms with Crippen LogP contribution in [0.3, 0.4) is 0 Å². The predicted molar refractivity (Wildman–Crippen MR) is 103 cm³/mol. The highest BCUT2D eigenvalue weighted by Crippen LogP contribution is 2.22. The number of methoxy groups -OCH3 is 1. The third-order valence-electron chi connectivity index (χ3n) is 3.69. The normalized spacial score (nSPS) is 11.0. The molecule has 0 fully saturated rings. The first-order valence-corrected chi connectivity index (χ1v) is 9.41. The van der Waals surface area contributed by atoms with E-state index in [4.69, 9.17) is 4.74 Å². The SMILES string of the molecule is COc1cccc(Nc2ccc(NS(=O)(=O)c3ccc(C)cc3)nc2)c1. The minimum atomic E-state index is -3.66. The minimum Gasteiger partial charge on any atom is -0.497 e. The lowest BCUT2D eigenvalue weighted by molar-refractivity contribution is 0.415. The van der Waals surface area contributed by atoms with Crippen molar-refractivity contribution in [2.24, 2.45) is 0 Å². The van der Waals surface area contributed by atoms with Crippen LogP contribution in [0, 0.1) is 6.92 Å². The summed E-state index contributed by atoms with van der Waals surface area (Å²) in [5.74, 6) is 0.993. The van der Waals surface area contributed by atoms with Gasteiger partial charge in [0.1, 0.15) is 11.6 Å². The number of aromatic nitrogens is 1. The van der Waals surface area contributed by atoms with E-state index in [1.807, 2.05) is 31.2 Å². The van der Waals surface area contributed by atoms with Crippen molar-refractivity contribution < 1.29 is 13.2 Å². The standard InChI is InChI=1S/C19H19N3O3S/c1-14-6-9-18(10-7-14)26(23,24)22-19-11-8-16(13-20-19)21-15-4-3-5-17(12-15)25-2/h3-13,21H,1-2H3,(H,20,22). The fraction of sp³-hybridized carbons (Fsp3) is 0.105. The molecule has 3 rings (SSSR count). The van der Waals surface area contributed by atoms with Gasteiger partial charge in [0.15, 0.2) is 0 Å². The minimum absolute atomic E-state index is 0.198. The predicted octanol–water partition coefficient (Wildman–Crippen LogP) is 3.94. The summed E-state index contributed by atoms with van der Waals surface area (Å²) in [5, 5.41) is 3.19. The van der Waals surface area contributed by atoms with E-state index < -0.39 is 10.0 Å². The Morgan fingerprint density at radius 1 is 0.962 bits per heavy atom. The number of sulfonamides is 1. The second-order valence-corrected chi connectivity index (χ2v) is 7.39. The molecule has 0 aliphatic rings. The van der Waals surface area contributed by atoms with Crippen molar-refractivity contribution in [2.75, 3.05) is 17.1 Å². The highest BCUT2D eigenvalue weighted by atomic mass is 32.2. The van der Waals surface area contributed by atoms with Gasteiger partial charge < -0.3 is 10.1 Å². The maximum Gasteiger partial charge on any atom is 0.263 e. The van der Waals surface area contributed by atoms with Crippen LogP contribution in [0.2, 0.25) is 0 Å². The zero-order valence-corrected chi connectivity index (χ0v) is 15.2. The first kappa shape index (κ1) is 17.8. The van der Waals surface area contributed by atoms with E-state index in [-0.39, 0.29) is 10.7 Å². The Hall–Kier alpha value is -3.06. The maximum atomic E-state index is 12.4. The van der Waals surface area contributed by atoms with Crippen LogP contribution in [0.4, 0.5) is 17.2 Å². The monoisotopic (exact) mass is 369 g/mol. The number of pyridine rings is 1. The zero-order chi connectivity index (χ0) is 18.6. The molecule has 7 heteroatoms. The Bertz CT molecular complexity index is 985. The van der Waals surface area contributed by atoms with Gasteiger partial charge in [0, 0.05) is 11.8 Å². The van der Waals surface area contributed by atoms with Gasteiger partial charge in [0.2, 0.25) is 0 Å². The molecule has 3 aromatic rings. The molecule has 134 valence electrons. The number of ether oxygens (including phenoxy) is 1. The van der Waals surface area contributed by atoms with Crippen LogP contribution in [0.25, 0.3) is 0 Å². The molecule has 0 aliphatic heterocycles. The first-order valence-electron chi connectivity index (χ1n) is 7.93. The van der Waals surface area contributed by atoms with E-state index in [9.17, 15) is 8.42 Å². The molecule has 0 bridgehead atoms. The van der Waals surface area contributed by atoms with E-state index in [1.54, 1.807) is 49.7 Å². The summed E-state index contributed by atoms with van der Waals surface area (Å²) in [6.07, 6.45) is 1.56. The average Bonchev–Trinajstić information content (AvgIpc) is 2.64. The van der Waals surface area contributed by atoms with Crippen LogP contribution < -0.4 is 14.8 Å². The number of hydrogen-bond donors (Lipinski definition) is 2. The highest BCUT2D eigenvalue weighted by Gasteiger charge is 2.14. The molecule has 26 heavy (non-hydrogen) atoms. The molecule has 0 unspecified atom stereocenters. The van der Waals surface area contributed by atoms with Crippen LogP contribution in [-0.4, -0.2) is 20.5 Å². The fourth-order valence-electron chi connectivity index (χ4n) is 2.31. The Labute approximate surface area is 152 Å². The molecule has 0 amide bonds. The number of nitrogens with one attached hydrogen (secondary N) is 2. The molecular formula is C19H19N3O3S. The van der Waals surface area contributed by atoms with Crippen molar-refractivity contribution in [3.05, 3.63) is 72.4 Å². The van der Waals surface area contributed by atoms with Gasteiger partial charge in [-0.25, -0.2) is 13.4 Å². The molecule has 6 nitrogen and oxygen atoms in total. The quantitative estimate of drug-likeness (QED) is 0.688. The van der Waals surface area contributed by atoms with Crippen LogP contribution in [-0.2, 0) is 10.0 Å². The van der Waals surface area contributed by atoms with Crippen LogP contribution in [0.15, 0.2) is 71.8 Å². The van der Waals surface area contributed by atoms with Gasteiger partial charge in [0.25, 0.3) is 10.0 Å². The van der Waals surface area contributed by atoms with Gasteiger partial charge >= 0.3 is 0 Å². The van der Waals surface area contributed by atoms with E-state index in [2.05, 4.69) is 15.0 Å². The second kappa shape index (κ2) is 7.45. The summed E-state index contributed by atoms with van der Waals surface area (Å²) < 4.78 is 32.4. The smallest absolute Gasteiger partial charge is 0.263 e. The third kappa shape index (κ3) is 4.31. The number of hydrogen-bond acceptors (Lipinski definition) is 5. The Morgan fingerprint density at radius 2 is 1.73 bits per heavy atom. The summed E-state index contributed by atoms with van der Waals surface area (Å²) in [6, 6.07) is 17.5. The molecule has 0 spiro atoms. The molecule has 1 heterocycles. The molecule has 2 aromatic carbocycles. The zero-order valence-electron chi connectivity index (χ0n) is 14.4. The van der Waals surface area contributed by atoms with Gasteiger partial charge in [-0.05, 0) is 43.3 Å². The lowest BCUT2D eigenvalue weighted by Gasteiger charge is -2.10. The summed E-state index contributed by atoms with van der Waals surface area (Å²) in [7, 11) is -2.05. The maximum absolute atomic E-state index is 12.4. The topological polar surface area (TPSA) is 80.3 Å². The van der Waals surface area contributed by atoms with Gasteiger partial charge in [-0.15, -0.1) is 0 Å². The van der Waals surface area contributed by atoms with Crippen molar-refractivity contribution in [3.63, 3.8) is 0 Å². The molecular weight excluding hydrogens is 350 g/mol. The van der Waals surface area contributed by atoms with Crippen molar-refractivity contribution in [1.82, 2.24) is 4.98 Å². The largest absolute Gasteiger partial charge is 0.497 e. The second-order valence-electron chi connectivity index (χ2n) is 5.71. The van der Waals surface area contributed by atoms with E-state index in [0.29, 0.717) is 0 Å². The summed E-state index contributed by atoms with van der Waals surface area (Å²) in [4.78, 5) is 4.36. The van der Waals surface area contributed by atoms with E-state index >= 15 is 0 Å². The Morgan fingerprint density at radius 3 is 2.38 bits per heavy atom. The number of benzene rings is 2. The van der Waals surface area contributed by atoms with E-state index in [0.717, 1.165) is 22.7 Å². The molecule has 0 radical (unpaired) electrons. The van der Waals surface area contributed by atoms with E-state index in [1.165, 1.54) is 0 Å². The van der Waals surface area contributed by atoms with Crippen molar-refractivity contribution in [1.29, 1.82) is 0 Å². The van der Waals surface area contributed by atoms with Gasteiger partial charge in [-0.3, -0.25) is 4.72 Å². The van der Waals surface area contributed by atoms with Crippen LogP contribution >= 0.6 is 0 Å². The number of aryl methyl sites for hydroxylation is 1. The Balaban J connectivity index is 1.72. The number of nitrogens with zero attached hydrogens (tertiary/aromatic N) is 1. The lowest BCUT2D eigenvalue weighted by Crippen LogP contribution is -2.13. The van der Waals surface area contributed by atoms with Gasteiger partial charge in [0.05, 0.1) is 23.9 Å². The van der Waals surface area contributed by atoms with Crippen molar-refractivity contribution in [3.8, 4) is 5.75 Å². The fourth-order valence-corrected chi connectivity index (χ4v) is 3.32. The first-order chi connectivity index (χ1) is 12.5. The number of anilines is 3. The van der Waals surface area contributed by atoms with Crippen LogP contribution in [0.5, 0.6) is 5.75 Å². The average molecular weight is 369 g/mol. The van der Waals surface area contributed by atoms with Crippen molar-refractivity contribution in [2.45, 2.75) is 11.8 Å².